The molecule has 0 amide bonds. The van der Waals surface area contributed by atoms with E-state index >= 15 is 0 Å². The summed E-state index contributed by atoms with van der Waals surface area (Å²) in [5, 5.41) is 0. The van der Waals surface area contributed by atoms with Crippen molar-refractivity contribution in [1.82, 2.24) is 29.9 Å². The van der Waals surface area contributed by atoms with E-state index in [2.05, 4.69) is 227 Å². The lowest BCUT2D eigenvalue weighted by Crippen LogP contribution is -2.44. The van der Waals surface area contributed by atoms with Crippen molar-refractivity contribution in [3.8, 4) is 79.2 Å². The van der Waals surface area contributed by atoms with E-state index in [1.807, 2.05) is 48.5 Å². The van der Waals surface area contributed by atoms with E-state index in [-0.39, 0.29) is 11.3 Å². The monoisotopic (exact) mass is 988 g/mol. The van der Waals surface area contributed by atoms with Crippen molar-refractivity contribution in [1.29, 1.82) is 0 Å². The molecule has 6 nitrogen and oxygen atoms in total. The first-order valence-corrected chi connectivity index (χ1v) is 26.5. The molecule has 366 valence electrons. The van der Waals surface area contributed by atoms with Crippen molar-refractivity contribution < 1.29 is 0 Å². The predicted molar refractivity (Wildman–Crippen MR) is 310 cm³/mol. The first-order valence-electron chi connectivity index (χ1n) is 26.5. The van der Waals surface area contributed by atoms with Crippen molar-refractivity contribution in [3.05, 3.63) is 300 Å². The molecule has 0 bridgehead atoms. The molecule has 9 aromatic carbocycles. The largest absolute Gasteiger partial charge is 0.212 e. The van der Waals surface area contributed by atoms with Gasteiger partial charge in [0.05, 0.1) is 11.3 Å². The number of fused-ring (bicyclic) bond motifs is 9. The van der Waals surface area contributed by atoms with Crippen LogP contribution in [0.2, 0.25) is 0 Å². The molecule has 6 heteroatoms. The van der Waals surface area contributed by atoms with Gasteiger partial charge in [0.15, 0.2) is 29.1 Å². The fraction of sp³-hybridized carbons (Fsp3) is 0.0986. The van der Waals surface area contributed by atoms with Gasteiger partial charge in [-0.25, -0.2) is 29.9 Å². The minimum Gasteiger partial charge on any atom is -0.212 e. The summed E-state index contributed by atoms with van der Waals surface area (Å²) in [5.41, 5.74) is 16.2. The minimum absolute atomic E-state index is 0.267. The van der Waals surface area contributed by atoms with Crippen molar-refractivity contribution in [2.45, 2.75) is 42.9 Å². The molecule has 2 atom stereocenters. The molecule has 0 saturated heterocycles. The van der Waals surface area contributed by atoms with Gasteiger partial charge in [0, 0.05) is 38.6 Å². The highest BCUT2D eigenvalue weighted by molar-refractivity contribution is 5.83. The predicted octanol–water partition coefficient (Wildman–Crippen LogP) is 16.3. The molecular formula is C71H52N6. The second kappa shape index (κ2) is 18.1. The van der Waals surface area contributed by atoms with Gasteiger partial charge in [-0.05, 0) is 67.3 Å². The van der Waals surface area contributed by atoms with E-state index < -0.39 is 10.8 Å². The van der Waals surface area contributed by atoms with Gasteiger partial charge in [-0.15, -0.1) is 0 Å². The number of nitrogens with zero attached hydrogens (tertiary/aromatic N) is 6. The highest BCUT2D eigenvalue weighted by Crippen LogP contribution is 2.68. The molecule has 1 spiro atoms. The Kier molecular flexibility index (Phi) is 10.8. The van der Waals surface area contributed by atoms with Crippen LogP contribution in [-0.2, 0) is 16.2 Å². The lowest BCUT2D eigenvalue weighted by Gasteiger charge is -2.49. The Morgan fingerprint density at radius 2 is 0.701 bits per heavy atom. The number of hydrogen-bond acceptors (Lipinski definition) is 6. The molecule has 0 saturated carbocycles. The number of aromatic nitrogens is 6. The van der Waals surface area contributed by atoms with Crippen LogP contribution >= 0.6 is 0 Å². The Balaban J connectivity index is 1.02. The van der Waals surface area contributed by atoms with Gasteiger partial charge in [-0.3, -0.25) is 0 Å². The molecule has 0 aliphatic heterocycles. The Hall–Kier alpha value is -9.52. The lowest BCUT2D eigenvalue weighted by molar-refractivity contribution is 0.455. The molecule has 14 rings (SSSR count). The highest BCUT2D eigenvalue weighted by Gasteiger charge is 2.62. The third-order valence-corrected chi connectivity index (χ3v) is 16.5. The van der Waals surface area contributed by atoms with Gasteiger partial charge in [0.1, 0.15) is 5.82 Å². The van der Waals surface area contributed by atoms with Crippen molar-refractivity contribution in [3.63, 3.8) is 0 Å². The van der Waals surface area contributed by atoms with Crippen LogP contribution < -0.4 is 0 Å². The van der Waals surface area contributed by atoms with Crippen molar-refractivity contribution in [2.75, 3.05) is 0 Å². The van der Waals surface area contributed by atoms with Crippen molar-refractivity contribution in [2.24, 2.45) is 0 Å². The van der Waals surface area contributed by atoms with E-state index in [9.17, 15) is 0 Å². The summed E-state index contributed by atoms with van der Waals surface area (Å²) in [6, 6.07) is 83.6. The minimum atomic E-state index is -0.705. The molecule has 0 N–H and O–H groups in total. The molecule has 3 aliphatic carbocycles. The number of benzene rings is 9. The second-order valence-corrected chi connectivity index (χ2v) is 21.1. The Bertz CT molecular complexity index is 4080. The molecule has 3 aliphatic rings. The summed E-state index contributed by atoms with van der Waals surface area (Å²) in [6.45, 7) is 7.16. The zero-order chi connectivity index (χ0) is 51.7. The first kappa shape index (κ1) is 46.0. The van der Waals surface area contributed by atoms with Crippen LogP contribution in [-0.4, -0.2) is 29.9 Å². The van der Waals surface area contributed by atoms with Crippen molar-refractivity contribution >= 4 is 0 Å². The molecular weight excluding hydrogens is 937 g/mol. The zero-order valence-electron chi connectivity index (χ0n) is 43.0. The van der Waals surface area contributed by atoms with E-state index in [0.717, 1.165) is 50.1 Å². The van der Waals surface area contributed by atoms with Gasteiger partial charge in [0.2, 0.25) is 0 Å². The summed E-state index contributed by atoms with van der Waals surface area (Å²) < 4.78 is 0. The van der Waals surface area contributed by atoms with Gasteiger partial charge in [-0.1, -0.05) is 270 Å². The summed E-state index contributed by atoms with van der Waals surface area (Å²) in [6.07, 6.45) is 6.95. The third kappa shape index (κ3) is 7.31. The number of allylic oxidation sites excluding steroid dienone is 4. The first-order chi connectivity index (χ1) is 37.8. The van der Waals surface area contributed by atoms with Crippen LogP contribution in [0.3, 0.4) is 0 Å². The fourth-order valence-corrected chi connectivity index (χ4v) is 12.8. The fourth-order valence-electron chi connectivity index (χ4n) is 12.8. The van der Waals surface area contributed by atoms with Gasteiger partial charge in [0.25, 0.3) is 0 Å². The van der Waals surface area contributed by atoms with E-state index in [4.69, 9.17) is 29.9 Å². The smallest absolute Gasteiger partial charge is 0.164 e. The average molecular weight is 989 g/mol. The van der Waals surface area contributed by atoms with E-state index in [0.29, 0.717) is 34.9 Å². The van der Waals surface area contributed by atoms with Gasteiger partial charge >= 0.3 is 0 Å². The highest BCUT2D eigenvalue weighted by atomic mass is 15.0. The standard InChI is InChI=1S/C71H52N6/c1-69(2)55-33-18-20-35-57(55)71(58-36-21-19-34-56(58)69)59-44-43-52(66-73-63(49-27-12-6-13-28-49)74-67(75-66)54-32-17-16-31-53(54)48-25-10-5-11-26-48)45-61(59)70(3)60(37-22-38-62(70)71)68-76-64(50-29-14-7-15-30-50)72-65(77-68)51-41-39-47(40-42-51)46-23-8-4-9-24-46/h4-45,60H,1-3H3. The average Bonchev–Trinajstić information content (AvgIpc) is 3.52. The SMILES string of the molecule is CC1(C)c2ccccc2C2(C3=CC=CC(c4nc(-c5ccccc5)nc(-c5ccc(-c6ccccc6)cc5)n4)C3(C)c3cc(-c4nc(-c5ccccc5)nc(-c5ccccc5-c5ccccc5)n4)ccc32)c2ccccc21. The summed E-state index contributed by atoms with van der Waals surface area (Å²) in [4.78, 5) is 32.4. The van der Waals surface area contributed by atoms with Crippen LogP contribution in [0.1, 0.15) is 65.9 Å². The lowest BCUT2D eigenvalue weighted by atomic mass is 9.53. The van der Waals surface area contributed by atoms with Crippen LogP contribution in [0.4, 0.5) is 0 Å². The van der Waals surface area contributed by atoms with E-state index in [1.165, 1.54) is 39.0 Å². The summed E-state index contributed by atoms with van der Waals surface area (Å²) >= 11 is 0. The Labute approximate surface area is 449 Å². The molecule has 2 heterocycles. The van der Waals surface area contributed by atoms with E-state index in [1.54, 1.807) is 0 Å². The normalized spacial score (nSPS) is 17.2. The zero-order valence-corrected chi connectivity index (χ0v) is 43.0. The van der Waals surface area contributed by atoms with Crippen LogP contribution in [0.15, 0.2) is 260 Å². The quantitative estimate of drug-likeness (QED) is 0.151. The molecule has 0 radical (unpaired) electrons. The van der Waals surface area contributed by atoms with Crippen LogP contribution in [0.5, 0.6) is 0 Å². The summed E-state index contributed by atoms with van der Waals surface area (Å²) in [5.74, 6) is 3.43. The maximum Gasteiger partial charge on any atom is 0.164 e. The maximum atomic E-state index is 5.55. The maximum absolute atomic E-state index is 5.55. The molecule has 77 heavy (non-hydrogen) atoms. The summed E-state index contributed by atoms with van der Waals surface area (Å²) in [7, 11) is 0. The Morgan fingerprint density at radius 1 is 0.312 bits per heavy atom. The molecule has 0 fully saturated rings. The van der Waals surface area contributed by atoms with Crippen LogP contribution in [0, 0.1) is 0 Å². The third-order valence-electron chi connectivity index (χ3n) is 16.5. The van der Waals surface area contributed by atoms with Gasteiger partial charge < -0.3 is 0 Å². The molecule has 2 aromatic heterocycles. The second-order valence-electron chi connectivity index (χ2n) is 21.1. The number of hydrogen-bond donors (Lipinski definition) is 0. The number of rotatable bonds is 8. The molecule has 11 aromatic rings. The van der Waals surface area contributed by atoms with Crippen LogP contribution in [0.25, 0.3) is 79.2 Å². The van der Waals surface area contributed by atoms with Gasteiger partial charge in [-0.2, -0.15) is 0 Å². The molecule has 2 unspecified atom stereocenters. The Morgan fingerprint density at radius 3 is 1.27 bits per heavy atom. The topological polar surface area (TPSA) is 77.3 Å².